The molecule has 1 amide bonds. The minimum atomic E-state index is -0.236. The number of piperazine rings is 1. The SMILES string of the molecule is C=CC(=O)N1C[C@H]2CCN(C)CCOc3nc4c(c(n3)N2C[C@@H]1CC#N)CCN(c1cccc2ccccc12)C4. The van der Waals surface area contributed by atoms with E-state index in [1.165, 1.54) is 22.5 Å². The van der Waals surface area contributed by atoms with Crippen LogP contribution >= 0.6 is 0 Å². The number of aromatic nitrogens is 2. The molecule has 3 aliphatic rings. The largest absolute Gasteiger partial charge is 0.462 e. The number of amides is 1. The van der Waals surface area contributed by atoms with Crippen molar-refractivity contribution in [2.75, 3.05) is 56.2 Å². The summed E-state index contributed by atoms with van der Waals surface area (Å²) in [6.07, 6.45) is 3.29. The van der Waals surface area contributed by atoms with Crippen molar-refractivity contribution < 1.29 is 9.53 Å². The second-order valence-corrected chi connectivity index (χ2v) is 10.9. The Bertz CT molecular complexity index is 1460. The first-order valence-corrected chi connectivity index (χ1v) is 14.1. The Labute approximate surface area is 235 Å². The molecule has 0 spiro atoms. The molecule has 206 valence electrons. The Balaban J connectivity index is 1.40. The van der Waals surface area contributed by atoms with E-state index >= 15 is 0 Å². The summed E-state index contributed by atoms with van der Waals surface area (Å²) in [5.74, 6) is 0.766. The maximum Gasteiger partial charge on any atom is 0.318 e. The average molecular weight is 538 g/mol. The number of carbonyl (C=O) groups is 1. The molecule has 3 aromatic rings. The minimum absolute atomic E-state index is 0.0577. The molecule has 6 rings (SSSR count). The monoisotopic (exact) mass is 537 g/mol. The lowest BCUT2D eigenvalue weighted by molar-refractivity contribution is -0.129. The fourth-order valence-corrected chi connectivity index (χ4v) is 6.28. The lowest BCUT2D eigenvalue weighted by atomic mass is 9.98. The smallest absolute Gasteiger partial charge is 0.318 e. The van der Waals surface area contributed by atoms with Crippen LogP contribution in [-0.4, -0.2) is 84.1 Å². The number of hydrogen-bond donors (Lipinski definition) is 0. The van der Waals surface area contributed by atoms with E-state index in [2.05, 4.69) is 76.9 Å². The van der Waals surface area contributed by atoms with Crippen molar-refractivity contribution in [3.8, 4) is 12.1 Å². The molecule has 0 radical (unpaired) electrons. The maximum atomic E-state index is 12.8. The van der Waals surface area contributed by atoms with E-state index in [4.69, 9.17) is 14.7 Å². The molecule has 0 saturated carbocycles. The van der Waals surface area contributed by atoms with E-state index in [-0.39, 0.29) is 24.4 Å². The third kappa shape index (κ3) is 4.95. The molecule has 1 saturated heterocycles. The number of likely N-dealkylation sites (N-methyl/N-ethyl adjacent to an activating group) is 1. The number of rotatable bonds is 3. The van der Waals surface area contributed by atoms with Crippen LogP contribution in [0.3, 0.4) is 0 Å². The third-order valence-corrected chi connectivity index (χ3v) is 8.43. The Morgan fingerprint density at radius 2 is 2.00 bits per heavy atom. The number of ether oxygens (including phenoxy) is 1. The molecule has 9 heteroatoms. The van der Waals surface area contributed by atoms with Crippen molar-refractivity contribution in [3.63, 3.8) is 0 Å². The Morgan fingerprint density at radius 1 is 1.15 bits per heavy atom. The molecule has 9 nitrogen and oxygen atoms in total. The predicted octanol–water partition coefficient (Wildman–Crippen LogP) is 3.39. The molecule has 40 heavy (non-hydrogen) atoms. The van der Waals surface area contributed by atoms with Crippen LogP contribution in [0.5, 0.6) is 6.01 Å². The van der Waals surface area contributed by atoms with Crippen LogP contribution in [0.2, 0.25) is 0 Å². The van der Waals surface area contributed by atoms with Crippen molar-refractivity contribution in [1.29, 1.82) is 5.26 Å². The van der Waals surface area contributed by atoms with Crippen LogP contribution in [0, 0.1) is 11.3 Å². The molecule has 2 aromatic carbocycles. The highest BCUT2D eigenvalue weighted by Crippen LogP contribution is 2.36. The van der Waals surface area contributed by atoms with Crippen molar-refractivity contribution in [1.82, 2.24) is 19.8 Å². The number of fused-ring (bicyclic) bond motifs is 7. The van der Waals surface area contributed by atoms with Crippen LogP contribution in [0.1, 0.15) is 24.1 Å². The van der Waals surface area contributed by atoms with Gasteiger partial charge in [-0.2, -0.15) is 15.2 Å². The van der Waals surface area contributed by atoms with E-state index < -0.39 is 0 Å². The fraction of sp³-hybridized carbons (Fsp3) is 0.419. The number of nitrogens with zero attached hydrogens (tertiary/aromatic N) is 7. The topological polar surface area (TPSA) is 88.8 Å². The highest BCUT2D eigenvalue weighted by atomic mass is 16.5. The summed E-state index contributed by atoms with van der Waals surface area (Å²) in [7, 11) is 2.09. The molecular weight excluding hydrogens is 502 g/mol. The number of nitriles is 1. The van der Waals surface area contributed by atoms with Gasteiger partial charge in [-0.25, -0.2) is 0 Å². The van der Waals surface area contributed by atoms with Gasteiger partial charge in [-0.05, 0) is 44.0 Å². The molecule has 0 unspecified atom stereocenters. The van der Waals surface area contributed by atoms with Gasteiger partial charge in [0.2, 0.25) is 5.91 Å². The Kier molecular flexibility index (Phi) is 7.27. The lowest BCUT2D eigenvalue weighted by Gasteiger charge is -2.47. The zero-order valence-electron chi connectivity index (χ0n) is 23.0. The van der Waals surface area contributed by atoms with Gasteiger partial charge in [0.1, 0.15) is 12.4 Å². The van der Waals surface area contributed by atoms with Crippen LogP contribution in [-0.2, 0) is 17.8 Å². The summed E-state index contributed by atoms with van der Waals surface area (Å²) in [5.41, 5.74) is 3.32. The summed E-state index contributed by atoms with van der Waals surface area (Å²) >= 11 is 0. The summed E-state index contributed by atoms with van der Waals surface area (Å²) in [6.45, 7) is 8.42. The third-order valence-electron chi connectivity index (χ3n) is 8.43. The highest BCUT2D eigenvalue weighted by Gasteiger charge is 2.38. The van der Waals surface area contributed by atoms with Gasteiger partial charge in [0.05, 0.1) is 30.8 Å². The van der Waals surface area contributed by atoms with Gasteiger partial charge in [0, 0.05) is 48.9 Å². The van der Waals surface area contributed by atoms with Gasteiger partial charge in [0.15, 0.2) is 0 Å². The summed E-state index contributed by atoms with van der Waals surface area (Å²) in [5, 5.41) is 12.0. The lowest BCUT2D eigenvalue weighted by Crippen LogP contribution is -2.60. The van der Waals surface area contributed by atoms with Gasteiger partial charge >= 0.3 is 6.01 Å². The Morgan fingerprint density at radius 3 is 2.85 bits per heavy atom. The summed E-state index contributed by atoms with van der Waals surface area (Å²) < 4.78 is 6.12. The quantitative estimate of drug-likeness (QED) is 0.470. The normalized spacial score (nSPS) is 21.4. The predicted molar refractivity (Wildman–Crippen MR) is 155 cm³/mol. The van der Waals surface area contributed by atoms with Crippen LogP contribution in [0.15, 0.2) is 55.1 Å². The Hall–Kier alpha value is -4.16. The standard InChI is InChI=1S/C31H35N7O2/c1-3-29(39)37-19-24-12-15-35(2)17-18-40-31-33-27-21-36(28-10-6-8-22-7-4-5-9-25(22)28)16-13-26(27)30(34-31)38(24)20-23(37)11-14-32/h3-10,23-24H,1,11-13,15-21H2,2H3/t23-,24+/m0/s1. The molecule has 1 fully saturated rings. The zero-order chi connectivity index (χ0) is 27.6. The molecule has 0 aliphatic carbocycles. The molecular formula is C31H35N7O2. The van der Waals surface area contributed by atoms with E-state index in [1.807, 2.05) is 4.90 Å². The average Bonchev–Trinajstić information content (AvgIpc) is 3.00. The number of anilines is 2. The van der Waals surface area contributed by atoms with E-state index in [0.29, 0.717) is 32.3 Å². The number of carbonyl (C=O) groups excluding carboxylic acids is 1. The maximum absolute atomic E-state index is 12.8. The van der Waals surface area contributed by atoms with Crippen molar-refractivity contribution in [2.45, 2.75) is 37.9 Å². The van der Waals surface area contributed by atoms with Crippen LogP contribution in [0.4, 0.5) is 11.5 Å². The minimum Gasteiger partial charge on any atom is -0.462 e. The van der Waals surface area contributed by atoms with E-state index in [0.717, 1.165) is 49.6 Å². The second kappa shape index (κ2) is 11.1. The van der Waals surface area contributed by atoms with Crippen molar-refractivity contribution in [2.24, 2.45) is 0 Å². The summed E-state index contributed by atoms with van der Waals surface area (Å²) in [6, 6.07) is 17.4. The van der Waals surface area contributed by atoms with Gasteiger partial charge in [-0.3, -0.25) is 4.79 Å². The van der Waals surface area contributed by atoms with Gasteiger partial charge in [-0.1, -0.05) is 43.0 Å². The van der Waals surface area contributed by atoms with Gasteiger partial charge in [0.25, 0.3) is 0 Å². The molecule has 4 heterocycles. The molecule has 3 aliphatic heterocycles. The number of benzene rings is 2. The van der Waals surface area contributed by atoms with Crippen molar-refractivity contribution >= 4 is 28.2 Å². The first kappa shape index (κ1) is 26.1. The molecule has 0 N–H and O–H groups in total. The van der Waals surface area contributed by atoms with Crippen molar-refractivity contribution in [3.05, 3.63) is 66.4 Å². The first-order valence-electron chi connectivity index (χ1n) is 14.1. The zero-order valence-corrected chi connectivity index (χ0v) is 23.0. The van der Waals surface area contributed by atoms with Crippen LogP contribution in [0.25, 0.3) is 10.8 Å². The van der Waals surface area contributed by atoms with E-state index in [9.17, 15) is 10.1 Å². The second-order valence-electron chi connectivity index (χ2n) is 10.9. The van der Waals surface area contributed by atoms with Crippen LogP contribution < -0.4 is 14.5 Å². The molecule has 1 aromatic heterocycles. The summed E-state index contributed by atoms with van der Waals surface area (Å²) in [4.78, 5) is 31.5. The van der Waals surface area contributed by atoms with E-state index in [1.54, 1.807) is 0 Å². The van der Waals surface area contributed by atoms with Gasteiger partial charge < -0.3 is 24.3 Å². The highest BCUT2D eigenvalue weighted by molar-refractivity contribution is 5.94. The first-order chi connectivity index (χ1) is 19.6. The van der Waals surface area contributed by atoms with Gasteiger partial charge in [-0.15, -0.1) is 0 Å². The number of hydrogen-bond acceptors (Lipinski definition) is 8. The fourth-order valence-electron chi connectivity index (χ4n) is 6.28. The molecule has 2 bridgehead atoms. The molecule has 2 atom stereocenters.